The molecule has 19 heavy (non-hydrogen) atoms. The zero-order valence-electron chi connectivity index (χ0n) is 11.4. The highest BCUT2D eigenvalue weighted by Crippen LogP contribution is 2.35. The van der Waals surface area contributed by atoms with Crippen molar-refractivity contribution in [2.45, 2.75) is 50.4 Å². The Bertz CT molecular complexity index is 311. The zero-order valence-corrected chi connectivity index (χ0v) is 11.4. The van der Waals surface area contributed by atoms with Crippen LogP contribution in [-0.2, 0) is 19.0 Å². The van der Waals surface area contributed by atoms with E-state index >= 15 is 0 Å². The van der Waals surface area contributed by atoms with Crippen molar-refractivity contribution in [2.24, 2.45) is 5.92 Å². The van der Waals surface area contributed by atoms with Crippen LogP contribution in [0.25, 0.3) is 0 Å². The second-order valence-electron chi connectivity index (χ2n) is 5.78. The van der Waals surface area contributed by atoms with Gasteiger partial charge in [-0.2, -0.15) is 0 Å². The van der Waals surface area contributed by atoms with E-state index in [1.165, 1.54) is 0 Å². The van der Waals surface area contributed by atoms with Gasteiger partial charge in [0.2, 0.25) is 5.91 Å². The first-order valence-corrected chi connectivity index (χ1v) is 7.43. The summed E-state index contributed by atoms with van der Waals surface area (Å²) in [6.45, 7) is 2.85. The molecule has 0 unspecified atom stereocenters. The molecule has 0 bridgehead atoms. The van der Waals surface area contributed by atoms with Gasteiger partial charge >= 0.3 is 0 Å². The minimum Gasteiger partial charge on any atom is -0.381 e. The minimum atomic E-state index is -0.333. The smallest absolute Gasteiger partial charge is 0.223 e. The summed E-state index contributed by atoms with van der Waals surface area (Å²) in [6, 6.07) is 0.286. The molecular formula is C14H23NO4. The molecule has 0 aromatic carbocycles. The molecular weight excluding hydrogens is 246 g/mol. The summed E-state index contributed by atoms with van der Waals surface area (Å²) in [6.07, 6.45) is 5.41. The van der Waals surface area contributed by atoms with Crippen molar-refractivity contribution in [3.8, 4) is 0 Å². The molecule has 2 aliphatic heterocycles. The Hall–Kier alpha value is -0.650. The normalized spacial score (nSPS) is 28.6. The third-order valence-corrected chi connectivity index (χ3v) is 4.50. The molecule has 1 saturated carbocycles. The molecule has 0 aromatic heterocycles. The highest BCUT2D eigenvalue weighted by atomic mass is 16.7. The molecule has 0 atom stereocenters. The van der Waals surface area contributed by atoms with Gasteiger partial charge in [-0.15, -0.1) is 0 Å². The SMILES string of the molecule is O=C(NC1CCC2(CC1)OCCO2)C1CCOCC1. The van der Waals surface area contributed by atoms with Gasteiger partial charge in [-0.25, -0.2) is 0 Å². The summed E-state index contributed by atoms with van der Waals surface area (Å²) in [5.41, 5.74) is 0. The molecule has 0 radical (unpaired) electrons. The van der Waals surface area contributed by atoms with E-state index < -0.39 is 0 Å². The Morgan fingerprint density at radius 1 is 0.947 bits per heavy atom. The van der Waals surface area contributed by atoms with Crippen LogP contribution in [-0.4, -0.2) is 44.2 Å². The van der Waals surface area contributed by atoms with Gasteiger partial charge in [0.05, 0.1) is 13.2 Å². The molecule has 5 nitrogen and oxygen atoms in total. The maximum absolute atomic E-state index is 12.1. The highest BCUT2D eigenvalue weighted by Gasteiger charge is 2.40. The molecule has 5 heteroatoms. The molecule has 108 valence electrons. The van der Waals surface area contributed by atoms with Gasteiger partial charge in [-0.3, -0.25) is 4.79 Å². The van der Waals surface area contributed by atoms with Gasteiger partial charge in [0, 0.05) is 38.0 Å². The Labute approximate surface area is 114 Å². The number of carbonyl (C=O) groups is 1. The fraction of sp³-hybridized carbons (Fsp3) is 0.929. The van der Waals surface area contributed by atoms with Crippen LogP contribution in [0.1, 0.15) is 38.5 Å². The topological polar surface area (TPSA) is 56.8 Å². The van der Waals surface area contributed by atoms with Gasteiger partial charge in [-0.1, -0.05) is 0 Å². The van der Waals surface area contributed by atoms with Crippen molar-refractivity contribution < 1.29 is 19.0 Å². The number of amides is 1. The van der Waals surface area contributed by atoms with Gasteiger partial charge in [-0.05, 0) is 25.7 Å². The fourth-order valence-electron chi connectivity index (χ4n) is 3.27. The van der Waals surface area contributed by atoms with Crippen LogP contribution in [0, 0.1) is 5.92 Å². The first-order chi connectivity index (χ1) is 9.27. The van der Waals surface area contributed by atoms with E-state index in [1.54, 1.807) is 0 Å². The maximum Gasteiger partial charge on any atom is 0.223 e. The van der Waals surface area contributed by atoms with Crippen molar-refractivity contribution >= 4 is 5.91 Å². The quantitative estimate of drug-likeness (QED) is 0.819. The van der Waals surface area contributed by atoms with Gasteiger partial charge in [0.15, 0.2) is 5.79 Å². The van der Waals surface area contributed by atoms with Crippen LogP contribution in [0.4, 0.5) is 0 Å². The van der Waals surface area contributed by atoms with E-state index in [1.807, 2.05) is 0 Å². The van der Waals surface area contributed by atoms with E-state index in [-0.39, 0.29) is 23.7 Å². The molecule has 2 heterocycles. The van der Waals surface area contributed by atoms with Gasteiger partial charge in [0.25, 0.3) is 0 Å². The summed E-state index contributed by atoms with van der Waals surface area (Å²) in [5.74, 6) is 0.0148. The summed E-state index contributed by atoms with van der Waals surface area (Å²) in [4.78, 5) is 12.1. The fourth-order valence-corrected chi connectivity index (χ4v) is 3.27. The van der Waals surface area contributed by atoms with Crippen LogP contribution in [0.15, 0.2) is 0 Å². The van der Waals surface area contributed by atoms with E-state index in [4.69, 9.17) is 14.2 Å². The van der Waals surface area contributed by atoms with Crippen molar-refractivity contribution in [3.05, 3.63) is 0 Å². The molecule has 0 aromatic rings. The minimum absolute atomic E-state index is 0.142. The van der Waals surface area contributed by atoms with Crippen LogP contribution >= 0.6 is 0 Å². The number of ether oxygens (including phenoxy) is 3. The molecule has 2 saturated heterocycles. The Balaban J connectivity index is 1.45. The average molecular weight is 269 g/mol. The molecule has 3 rings (SSSR count). The first kappa shape index (κ1) is 13.3. The van der Waals surface area contributed by atoms with E-state index in [0.717, 1.165) is 38.5 Å². The van der Waals surface area contributed by atoms with E-state index in [9.17, 15) is 4.79 Å². The second-order valence-corrected chi connectivity index (χ2v) is 5.78. The Morgan fingerprint density at radius 3 is 2.21 bits per heavy atom. The number of carbonyl (C=O) groups excluding carboxylic acids is 1. The highest BCUT2D eigenvalue weighted by molar-refractivity contribution is 5.79. The van der Waals surface area contributed by atoms with Crippen molar-refractivity contribution in [3.63, 3.8) is 0 Å². The molecule has 1 amide bonds. The Morgan fingerprint density at radius 2 is 1.58 bits per heavy atom. The summed E-state index contributed by atoms with van der Waals surface area (Å²) < 4.78 is 16.7. The lowest BCUT2D eigenvalue weighted by atomic mass is 9.89. The predicted molar refractivity (Wildman–Crippen MR) is 68.6 cm³/mol. The lowest BCUT2D eigenvalue weighted by molar-refractivity contribution is -0.180. The number of hydrogen-bond acceptors (Lipinski definition) is 4. The zero-order chi connectivity index (χ0) is 13.1. The Kier molecular flexibility index (Phi) is 4.05. The van der Waals surface area contributed by atoms with Crippen LogP contribution in [0.5, 0.6) is 0 Å². The monoisotopic (exact) mass is 269 g/mol. The third-order valence-electron chi connectivity index (χ3n) is 4.50. The third kappa shape index (κ3) is 3.09. The number of nitrogens with one attached hydrogen (secondary N) is 1. The standard InChI is InChI=1S/C14H23NO4/c16-13(11-3-7-17-8-4-11)15-12-1-5-14(6-2-12)18-9-10-19-14/h11-12H,1-10H2,(H,15,16). The predicted octanol–water partition coefficient (Wildman–Crippen LogP) is 1.21. The summed E-state index contributed by atoms with van der Waals surface area (Å²) >= 11 is 0. The van der Waals surface area contributed by atoms with Crippen LogP contribution < -0.4 is 5.32 Å². The van der Waals surface area contributed by atoms with E-state index in [0.29, 0.717) is 26.4 Å². The molecule has 1 N–H and O–H groups in total. The van der Waals surface area contributed by atoms with E-state index in [2.05, 4.69) is 5.32 Å². The second kappa shape index (κ2) is 5.77. The molecule has 3 aliphatic rings. The first-order valence-electron chi connectivity index (χ1n) is 7.43. The van der Waals surface area contributed by atoms with Crippen molar-refractivity contribution in [1.29, 1.82) is 0 Å². The van der Waals surface area contributed by atoms with Crippen LogP contribution in [0.2, 0.25) is 0 Å². The molecule has 3 fully saturated rings. The average Bonchev–Trinajstić information content (AvgIpc) is 2.91. The summed E-state index contributed by atoms with van der Waals surface area (Å²) in [7, 11) is 0. The maximum atomic E-state index is 12.1. The molecule has 1 aliphatic carbocycles. The largest absolute Gasteiger partial charge is 0.381 e. The van der Waals surface area contributed by atoms with Gasteiger partial charge < -0.3 is 19.5 Å². The van der Waals surface area contributed by atoms with Gasteiger partial charge in [0.1, 0.15) is 0 Å². The summed E-state index contributed by atoms with van der Waals surface area (Å²) in [5, 5.41) is 3.19. The lowest BCUT2D eigenvalue weighted by Crippen LogP contribution is -2.46. The lowest BCUT2D eigenvalue weighted by Gasteiger charge is -2.36. The van der Waals surface area contributed by atoms with Crippen molar-refractivity contribution in [1.82, 2.24) is 5.32 Å². The number of hydrogen-bond donors (Lipinski definition) is 1. The molecule has 1 spiro atoms. The number of rotatable bonds is 2. The van der Waals surface area contributed by atoms with Crippen molar-refractivity contribution in [2.75, 3.05) is 26.4 Å². The van der Waals surface area contributed by atoms with Crippen LogP contribution in [0.3, 0.4) is 0 Å².